The summed E-state index contributed by atoms with van der Waals surface area (Å²) in [5.41, 5.74) is 13.4. The first-order valence-electron chi connectivity index (χ1n) is 10.1. The number of hydrogen-bond donors (Lipinski definition) is 2. The molecule has 0 aliphatic heterocycles. The van der Waals surface area contributed by atoms with Crippen molar-refractivity contribution in [1.29, 1.82) is 0 Å². The molecule has 3 N–H and O–H groups in total. The topological polar surface area (TPSA) is 64.3 Å². The number of anilines is 1. The summed E-state index contributed by atoms with van der Waals surface area (Å²) in [6, 6.07) is 22.3. The molecule has 150 valence electrons. The number of nitrogens with one attached hydrogen (secondary N) is 1. The van der Waals surface area contributed by atoms with E-state index >= 15 is 0 Å². The standard InChI is InChI=1S/C26H24N2O2/c1-18-13-14-19(16-25(18)27)8-6-7-15-28-26(29)30-17-24-22-11-4-2-9-20(22)21-10-3-5-12-23(21)24/h2-5,9-14,16,24H,7,15,17,27H2,1H3,(H,28,29). The first-order valence-corrected chi connectivity index (χ1v) is 10.1. The fraction of sp³-hybridized carbons (Fsp3) is 0.192. The molecule has 0 bridgehead atoms. The van der Waals surface area contributed by atoms with Crippen LogP contribution in [-0.4, -0.2) is 19.2 Å². The van der Waals surface area contributed by atoms with Crippen LogP contribution in [0, 0.1) is 18.8 Å². The molecule has 0 aromatic heterocycles. The molecule has 1 aliphatic rings. The zero-order valence-corrected chi connectivity index (χ0v) is 16.9. The molecule has 1 amide bonds. The molecule has 3 aromatic rings. The highest BCUT2D eigenvalue weighted by atomic mass is 16.5. The number of fused-ring (bicyclic) bond motifs is 3. The highest BCUT2D eigenvalue weighted by Crippen LogP contribution is 2.44. The minimum atomic E-state index is -0.418. The van der Waals surface area contributed by atoms with E-state index in [2.05, 4.69) is 41.4 Å². The van der Waals surface area contributed by atoms with Crippen molar-refractivity contribution in [3.63, 3.8) is 0 Å². The number of rotatable bonds is 4. The number of nitrogen functional groups attached to an aromatic ring is 1. The molecule has 0 unspecified atom stereocenters. The van der Waals surface area contributed by atoms with Crippen LogP contribution in [0.25, 0.3) is 11.1 Å². The molecule has 0 heterocycles. The van der Waals surface area contributed by atoms with Gasteiger partial charge >= 0.3 is 6.09 Å². The molecular formula is C26H24N2O2. The van der Waals surface area contributed by atoms with Crippen LogP contribution in [0.5, 0.6) is 0 Å². The minimum absolute atomic E-state index is 0.0648. The molecule has 4 rings (SSSR count). The Morgan fingerprint density at radius 2 is 1.70 bits per heavy atom. The Labute approximate surface area is 177 Å². The van der Waals surface area contributed by atoms with Crippen molar-refractivity contribution in [3.05, 3.63) is 89.0 Å². The van der Waals surface area contributed by atoms with Crippen LogP contribution in [0.4, 0.5) is 10.5 Å². The molecule has 0 radical (unpaired) electrons. The van der Waals surface area contributed by atoms with E-state index in [1.807, 2.05) is 49.4 Å². The van der Waals surface area contributed by atoms with Gasteiger partial charge in [-0.25, -0.2) is 4.79 Å². The predicted molar refractivity (Wildman–Crippen MR) is 120 cm³/mol. The third-order valence-electron chi connectivity index (χ3n) is 5.37. The molecule has 0 atom stereocenters. The maximum Gasteiger partial charge on any atom is 0.407 e. The van der Waals surface area contributed by atoms with Gasteiger partial charge in [0, 0.05) is 30.1 Å². The zero-order valence-electron chi connectivity index (χ0n) is 16.9. The summed E-state index contributed by atoms with van der Waals surface area (Å²) >= 11 is 0. The van der Waals surface area contributed by atoms with Gasteiger partial charge in [-0.1, -0.05) is 66.4 Å². The number of nitrogens with two attached hydrogens (primary N) is 1. The van der Waals surface area contributed by atoms with Crippen molar-refractivity contribution >= 4 is 11.8 Å². The van der Waals surface area contributed by atoms with Crippen molar-refractivity contribution in [3.8, 4) is 23.0 Å². The second-order valence-electron chi connectivity index (χ2n) is 7.38. The quantitative estimate of drug-likeness (QED) is 0.376. The highest BCUT2D eigenvalue weighted by Gasteiger charge is 2.28. The van der Waals surface area contributed by atoms with Gasteiger partial charge in [-0.15, -0.1) is 0 Å². The average molecular weight is 396 g/mol. The lowest BCUT2D eigenvalue weighted by atomic mass is 9.98. The first-order chi connectivity index (χ1) is 14.6. The zero-order chi connectivity index (χ0) is 20.9. The third kappa shape index (κ3) is 4.16. The van der Waals surface area contributed by atoms with E-state index in [1.165, 1.54) is 22.3 Å². The Kier molecular flexibility index (Phi) is 5.72. The second kappa shape index (κ2) is 8.75. The van der Waals surface area contributed by atoms with Gasteiger partial charge in [0.05, 0.1) is 0 Å². The largest absolute Gasteiger partial charge is 0.449 e. The van der Waals surface area contributed by atoms with Crippen LogP contribution in [0.3, 0.4) is 0 Å². The second-order valence-corrected chi connectivity index (χ2v) is 7.38. The summed E-state index contributed by atoms with van der Waals surface area (Å²) in [7, 11) is 0. The molecule has 0 saturated heterocycles. The number of hydrogen-bond acceptors (Lipinski definition) is 3. The number of ether oxygens (including phenoxy) is 1. The monoisotopic (exact) mass is 396 g/mol. The Bertz CT molecular complexity index is 1100. The lowest BCUT2D eigenvalue weighted by Gasteiger charge is -2.14. The lowest BCUT2D eigenvalue weighted by molar-refractivity contribution is 0.143. The van der Waals surface area contributed by atoms with E-state index in [0.717, 1.165) is 16.8 Å². The summed E-state index contributed by atoms with van der Waals surface area (Å²) in [6.07, 6.45) is 0.121. The van der Waals surface area contributed by atoms with E-state index in [9.17, 15) is 4.79 Å². The molecule has 3 aromatic carbocycles. The molecule has 4 heteroatoms. The van der Waals surface area contributed by atoms with Gasteiger partial charge in [0.15, 0.2) is 0 Å². The van der Waals surface area contributed by atoms with Crippen molar-refractivity contribution in [2.45, 2.75) is 19.3 Å². The van der Waals surface area contributed by atoms with Gasteiger partial charge in [-0.3, -0.25) is 0 Å². The van der Waals surface area contributed by atoms with E-state index in [1.54, 1.807) is 0 Å². The van der Waals surface area contributed by atoms with Gasteiger partial charge < -0.3 is 15.8 Å². The number of alkyl carbamates (subject to hydrolysis) is 1. The minimum Gasteiger partial charge on any atom is -0.449 e. The van der Waals surface area contributed by atoms with E-state index in [0.29, 0.717) is 19.6 Å². The van der Waals surface area contributed by atoms with E-state index in [-0.39, 0.29) is 5.92 Å². The van der Waals surface area contributed by atoms with E-state index < -0.39 is 6.09 Å². The SMILES string of the molecule is Cc1ccc(C#CCCNC(=O)OCC2c3ccccc3-c3ccccc32)cc1N. The predicted octanol–water partition coefficient (Wildman–Crippen LogP) is 4.86. The molecule has 30 heavy (non-hydrogen) atoms. The summed E-state index contributed by atoms with van der Waals surface area (Å²) < 4.78 is 5.52. The number of amides is 1. The molecule has 1 aliphatic carbocycles. The first kappa shape index (κ1) is 19.6. The van der Waals surface area contributed by atoms with Crippen molar-refractivity contribution in [2.75, 3.05) is 18.9 Å². The molecule has 0 fully saturated rings. The van der Waals surface area contributed by atoms with Crippen molar-refractivity contribution in [2.24, 2.45) is 0 Å². The Morgan fingerprint density at radius 1 is 1.03 bits per heavy atom. The normalized spacial score (nSPS) is 11.8. The van der Waals surface area contributed by atoms with Crippen molar-refractivity contribution < 1.29 is 9.53 Å². The van der Waals surface area contributed by atoms with Gasteiger partial charge in [-0.2, -0.15) is 0 Å². The fourth-order valence-corrected chi connectivity index (χ4v) is 3.76. The average Bonchev–Trinajstić information content (AvgIpc) is 3.08. The number of carbonyl (C=O) groups is 1. The van der Waals surface area contributed by atoms with Crippen LogP contribution in [0.1, 0.15) is 34.6 Å². The Balaban J connectivity index is 1.29. The van der Waals surface area contributed by atoms with Crippen molar-refractivity contribution in [1.82, 2.24) is 5.32 Å². The van der Waals surface area contributed by atoms with Gasteiger partial charge in [-0.05, 0) is 46.9 Å². The summed E-state index contributed by atoms with van der Waals surface area (Å²) in [4.78, 5) is 12.1. The molecule has 0 saturated carbocycles. The van der Waals surface area contributed by atoms with Gasteiger partial charge in [0.1, 0.15) is 6.61 Å². The van der Waals surface area contributed by atoms with Crippen LogP contribution in [0.2, 0.25) is 0 Å². The maximum atomic E-state index is 12.1. The molecular weight excluding hydrogens is 372 g/mol. The fourth-order valence-electron chi connectivity index (χ4n) is 3.76. The summed E-state index contributed by atoms with van der Waals surface area (Å²) in [6.45, 7) is 2.71. The van der Waals surface area contributed by atoms with Crippen LogP contribution in [-0.2, 0) is 4.74 Å². The number of benzene rings is 3. The van der Waals surface area contributed by atoms with Crippen LogP contribution < -0.4 is 11.1 Å². The molecule has 4 nitrogen and oxygen atoms in total. The maximum absolute atomic E-state index is 12.1. The van der Waals surface area contributed by atoms with Gasteiger partial charge in [0.2, 0.25) is 0 Å². The summed E-state index contributed by atoms with van der Waals surface area (Å²) in [5.74, 6) is 6.18. The third-order valence-corrected chi connectivity index (χ3v) is 5.37. The van der Waals surface area contributed by atoms with Gasteiger partial charge in [0.25, 0.3) is 0 Å². The number of carbonyl (C=O) groups excluding carboxylic acids is 1. The molecule has 0 spiro atoms. The van der Waals surface area contributed by atoms with E-state index in [4.69, 9.17) is 10.5 Å². The summed E-state index contributed by atoms with van der Waals surface area (Å²) in [5, 5.41) is 2.77. The Hall–Kier alpha value is -3.71. The lowest BCUT2D eigenvalue weighted by Crippen LogP contribution is -2.26. The van der Waals surface area contributed by atoms with Crippen LogP contribution >= 0.6 is 0 Å². The van der Waals surface area contributed by atoms with Crippen LogP contribution in [0.15, 0.2) is 66.7 Å². The number of aryl methyl sites for hydroxylation is 1. The Morgan fingerprint density at radius 3 is 2.37 bits per heavy atom. The highest BCUT2D eigenvalue weighted by molar-refractivity contribution is 5.79. The smallest absolute Gasteiger partial charge is 0.407 e.